The lowest BCUT2D eigenvalue weighted by molar-refractivity contribution is 0.785. The van der Waals surface area contributed by atoms with Gasteiger partial charge in [-0.2, -0.15) is 5.10 Å². The molecule has 0 aliphatic heterocycles. The predicted octanol–water partition coefficient (Wildman–Crippen LogP) is 0.945. The van der Waals surface area contributed by atoms with Crippen molar-refractivity contribution in [1.29, 1.82) is 0 Å². The molecule has 1 heterocycles. The van der Waals surface area contributed by atoms with E-state index in [9.17, 15) is 0 Å². The molecule has 0 unspecified atom stereocenters. The van der Waals surface area contributed by atoms with Gasteiger partial charge in [0, 0.05) is 17.7 Å². The van der Waals surface area contributed by atoms with Crippen LogP contribution in [-0.4, -0.2) is 21.7 Å². The number of para-hydroxylation sites is 1. The van der Waals surface area contributed by atoms with Crippen LogP contribution in [0.25, 0.3) is 11.4 Å². The molecule has 0 aliphatic rings. The molecule has 0 saturated heterocycles. The first-order chi connectivity index (χ1) is 7.81. The van der Waals surface area contributed by atoms with Crippen LogP contribution in [0.5, 0.6) is 0 Å². The molecular formula is C11H15N5. The van der Waals surface area contributed by atoms with Gasteiger partial charge in [-0.25, -0.2) is 4.98 Å². The first-order valence-corrected chi connectivity index (χ1v) is 5.27. The molecule has 0 saturated carbocycles. The van der Waals surface area contributed by atoms with Gasteiger partial charge in [0.15, 0.2) is 5.82 Å². The van der Waals surface area contributed by atoms with Crippen molar-refractivity contribution in [2.45, 2.75) is 12.8 Å². The highest BCUT2D eigenvalue weighted by molar-refractivity contribution is 5.70. The Labute approximate surface area is 93.9 Å². The summed E-state index contributed by atoms with van der Waals surface area (Å²) in [5.74, 6) is 1.49. The minimum atomic E-state index is 0.644. The number of hydrogen-bond donors (Lipinski definition) is 3. The van der Waals surface area contributed by atoms with Gasteiger partial charge in [-0.05, 0) is 25.1 Å². The standard InChI is InChI=1S/C11H15N5/c12-7-3-6-10-14-11(16-15-10)8-4-1-2-5-9(8)13/h1-2,4-5H,3,6-7,12-13H2,(H,14,15,16). The largest absolute Gasteiger partial charge is 0.398 e. The zero-order valence-corrected chi connectivity index (χ0v) is 8.98. The third kappa shape index (κ3) is 2.20. The van der Waals surface area contributed by atoms with E-state index in [-0.39, 0.29) is 0 Å². The molecule has 0 spiro atoms. The summed E-state index contributed by atoms with van der Waals surface area (Å²) in [6.45, 7) is 0.656. The van der Waals surface area contributed by atoms with E-state index in [4.69, 9.17) is 11.5 Å². The van der Waals surface area contributed by atoms with Crippen LogP contribution in [-0.2, 0) is 6.42 Å². The van der Waals surface area contributed by atoms with Gasteiger partial charge in [-0.3, -0.25) is 5.10 Å². The maximum absolute atomic E-state index is 5.85. The van der Waals surface area contributed by atoms with Crippen LogP contribution in [0.1, 0.15) is 12.2 Å². The molecule has 2 rings (SSSR count). The van der Waals surface area contributed by atoms with Crippen molar-refractivity contribution in [2.75, 3.05) is 12.3 Å². The van der Waals surface area contributed by atoms with E-state index in [0.717, 1.165) is 24.2 Å². The summed E-state index contributed by atoms with van der Waals surface area (Å²) in [5.41, 5.74) is 12.8. The SMILES string of the molecule is NCCCc1nc(-c2ccccc2N)n[nH]1. The molecular weight excluding hydrogens is 202 g/mol. The summed E-state index contributed by atoms with van der Waals surface area (Å²) in [5, 5.41) is 7.04. The van der Waals surface area contributed by atoms with E-state index in [1.165, 1.54) is 0 Å². The second-order valence-corrected chi connectivity index (χ2v) is 3.59. The number of H-pyrrole nitrogens is 1. The number of rotatable bonds is 4. The van der Waals surface area contributed by atoms with Gasteiger partial charge in [0.05, 0.1) is 0 Å². The Morgan fingerprint density at radius 3 is 2.81 bits per heavy atom. The molecule has 0 amide bonds. The third-order valence-electron chi connectivity index (χ3n) is 2.35. The fraction of sp³-hybridized carbons (Fsp3) is 0.273. The van der Waals surface area contributed by atoms with Crippen molar-refractivity contribution in [3.05, 3.63) is 30.1 Å². The van der Waals surface area contributed by atoms with E-state index in [2.05, 4.69) is 15.2 Å². The lowest BCUT2D eigenvalue weighted by Crippen LogP contribution is -2.01. The van der Waals surface area contributed by atoms with E-state index in [1.807, 2.05) is 24.3 Å². The average Bonchev–Trinajstić information content (AvgIpc) is 2.75. The highest BCUT2D eigenvalue weighted by atomic mass is 15.2. The normalized spacial score (nSPS) is 10.6. The van der Waals surface area contributed by atoms with Crippen LogP contribution >= 0.6 is 0 Å². The number of aromatic nitrogens is 3. The first kappa shape index (κ1) is 10.6. The van der Waals surface area contributed by atoms with Crippen molar-refractivity contribution in [1.82, 2.24) is 15.2 Å². The van der Waals surface area contributed by atoms with E-state index < -0.39 is 0 Å². The van der Waals surface area contributed by atoms with Crippen molar-refractivity contribution in [2.24, 2.45) is 5.73 Å². The molecule has 0 aliphatic carbocycles. The smallest absolute Gasteiger partial charge is 0.183 e. The van der Waals surface area contributed by atoms with Gasteiger partial charge >= 0.3 is 0 Å². The van der Waals surface area contributed by atoms with Crippen molar-refractivity contribution >= 4 is 5.69 Å². The van der Waals surface area contributed by atoms with Crippen molar-refractivity contribution in [3.8, 4) is 11.4 Å². The second kappa shape index (κ2) is 4.76. The van der Waals surface area contributed by atoms with E-state index >= 15 is 0 Å². The van der Waals surface area contributed by atoms with Crippen LogP contribution in [0, 0.1) is 0 Å². The minimum absolute atomic E-state index is 0.644. The summed E-state index contributed by atoms with van der Waals surface area (Å²) in [7, 11) is 0. The zero-order valence-electron chi connectivity index (χ0n) is 8.98. The molecule has 0 radical (unpaired) electrons. The Kier molecular flexibility index (Phi) is 3.16. The molecule has 0 fully saturated rings. The molecule has 5 heteroatoms. The highest BCUT2D eigenvalue weighted by Crippen LogP contribution is 2.21. The topological polar surface area (TPSA) is 93.6 Å². The number of hydrogen-bond acceptors (Lipinski definition) is 4. The lowest BCUT2D eigenvalue weighted by atomic mass is 10.2. The number of nitrogens with two attached hydrogens (primary N) is 2. The molecule has 1 aromatic carbocycles. The number of nitrogen functional groups attached to an aromatic ring is 1. The van der Waals surface area contributed by atoms with Crippen LogP contribution in [0.15, 0.2) is 24.3 Å². The Hall–Kier alpha value is -1.88. The minimum Gasteiger partial charge on any atom is -0.398 e. The Bertz CT molecular complexity index is 463. The number of nitrogens with one attached hydrogen (secondary N) is 1. The number of benzene rings is 1. The van der Waals surface area contributed by atoms with Gasteiger partial charge < -0.3 is 11.5 Å². The monoisotopic (exact) mass is 217 g/mol. The zero-order chi connectivity index (χ0) is 11.4. The van der Waals surface area contributed by atoms with Crippen molar-refractivity contribution < 1.29 is 0 Å². The van der Waals surface area contributed by atoms with Gasteiger partial charge in [0.1, 0.15) is 5.82 Å². The van der Waals surface area contributed by atoms with E-state index in [1.54, 1.807) is 0 Å². The molecule has 5 N–H and O–H groups in total. The summed E-state index contributed by atoms with van der Waals surface area (Å²) < 4.78 is 0. The number of aryl methyl sites for hydroxylation is 1. The number of nitrogens with zero attached hydrogens (tertiary/aromatic N) is 2. The van der Waals surface area contributed by atoms with Gasteiger partial charge in [0.2, 0.25) is 0 Å². The summed E-state index contributed by atoms with van der Waals surface area (Å²) in [6, 6.07) is 7.55. The summed E-state index contributed by atoms with van der Waals surface area (Å²) in [4.78, 5) is 4.38. The maximum atomic E-state index is 5.85. The van der Waals surface area contributed by atoms with Crippen LogP contribution < -0.4 is 11.5 Å². The maximum Gasteiger partial charge on any atom is 0.183 e. The quantitative estimate of drug-likeness (QED) is 0.664. The van der Waals surface area contributed by atoms with Crippen molar-refractivity contribution in [3.63, 3.8) is 0 Å². The third-order valence-corrected chi connectivity index (χ3v) is 2.35. The second-order valence-electron chi connectivity index (χ2n) is 3.59. The molecule has 84 valence electrons. The average molecular weight is 217 g/mol. The molecule has 2 aromatic rings. The fourth-order valence-corrected chi connectivity index (χ4v) is 1.50. The fourth-order valence-electron chi connectivity index (χ4n) is 1.50. The Morgan fingerprint density at radius 2 is 2.06 bits per heavy atom. The molecule has 5 nitrogen and oxygen atoms in total. The Balaban J connectivity index is 2.22. The highest BCUT2D eigenvalue weighted by Gasteiger charge is 2.07. The van der Waals surface area contributed by atoms with E-state index in [0.29, 0.717) is 18.1 Å². The Morgan fingerprint density at radius 1 is 1.25 bits per heavy atom. The lowest BCUT2D eigenvalue weighted by Gasteiger charge is -1.98. The number of anilines is 1. The van der Waals surface area contributed by atoms with Gasteiger partial charge in [-0.15, -0.1) is 0 Å². The summed E-state index contributed by atoms with van der Waals surface area (Å²) >= 11 is 0. The van der Waals surface area contributed by atoms with Crippen LogP contribution in [0.4, 0.5) is 5.69 Å². The predicted molar refractivity (Wildman–Crippen MR) is 63.6 cm³/mol. The number of aromatic amines is 1. The molecule has 0 bridgehead atoms. The molecule has 0 atom stereocenters. The molecule has 16 heavy (non-hydrogen) atoms. The van der Waals surface area contributed by atoms with Gasteiger partial charge in [-0.1, -0.05) is 12.1 Å². The van der Waals surface area contributed by atoms with Crippen LogP contribution in [0.3, 0.4) is 0 Å². The van der Waals surface area contributed by atoms with Gasteiger partial charge in [0.25, 0.3) is 0 Å². The molecule has 1 aromatic heterocycles. The van der Waals surface area contributed by atoms with Crippen LogP contribution in [0.2, 0.25) is 0 Å². The first-order valence-electron chi connectivity index (χ1n) is 5.27. The summed E-state index contributed by atoms with van der Waals surface area (Å²) in [6.07, 6.45) is 1.72.